The summed E-state index contributed by atoms with van der Waals surface area (Å²) in [6.07, 6.45) is 0. The molecule has 2 N–H and O–H groups in total. The Bertz CT molecular complexity index is 1150. The van der Waals surface area contributed by atoms with Crippen LogP contribution in [0.4, 0.5) is 11.4 Å². The van der Waals surface area contributed by atoms with E-state index in [0.717, 1.165) is 11.3 Å². The van der Waals surface area contributed by atoms with Crippen LogP contribution in [0, 0.1) is 6.92 Å². The maximum Gasteiger partial charge on any atom is 0.246 e. The van der Waals surface area contributed by atoms with Gasteiger partial charge in [-0.2, -0.15) is 0 Å². The number of aryl methyl sites for hydroxylation is 1. The van der Waals surface area contributed by atoms with E-state index in [9.17, 15) is 14.4 Å². The number of carbonyl (C=O) groups excluding carboxylic acids is 3. The fourth-order valence-corrected chi connectivity index (χ4v) is 3.48. The first-order valence-electron chi connectivity index (χ1n) is 9.40. The number of hydrogen-bond donors (Lipinski definition) is 2. The molecule has 1 amide bonds. The molecule has 1 aliphatic rings. The lowest BCUT2D eigenvalue weighted by molar-refractivity contribution is -0.116. The van der Waals surface area contributed by atoms with E-state index in [0.29, 0.717) is 27.9 Å². The molecule has 5 nitrogen and oxygen atoms in total. The van der Waals surface area contributed by atoms with E-state index in [1.807, 2.05) is 31.2 Å². The molecule has 3 aromatic rings. The summed E-state index contributed by atoms with van der Waals surface area (Å²) in [6.45, 7) is 3.75. The minimum Gasteiger partial charge on any atom is -0.374 e. The van der Waals surface area contributed by atoms with E-state index in [-0.39, 0.29) is 17.5 Å². The fourth-order valence-electron chi connectivity index (χ4n) is 3.48. The van der Waals surface area contributed by atoms with Crippen molar-refractivity contribution in [3.8, 4) is 0 Å². The van der Waals surface area contributed by atoms with E-state index in [2.05, 4.69) is 10.6 Å². The molecule has 3 aromatic carbocycles. The molecule has 4 rings (SSSR count). The highest BCUT2D eigenvalue weighted by molar-refractivity contribution is 6.28. The van der Waals surface area contributed by atoms with Crippen LogP contribution >= 0.6 is 0 Å². The van der Waals surface area contributed by atoms with Gasteiger partial charge in [0.05, 0.1) is 0 Å². The molecule has 0 unspecified atom stereocenters. The molecule has 0 saturated heterocycles. The van der Waals surface area contributed by atoms with Gasteiger partial charge in [-0.05, 0) is 49.7 Å². The van der Waals surface area contributed by atoms with Crippen LogP contribution in [0.5, 0.6) is 0 Å². The molecule has 1 atom stereocenters. The average Bonchev–Trinajstić information content (AvgIpc) is 2.72. The lowest BCUT2D eigenvalue weighted by Gasteiger charge is -2.19. The standard InChI is InChI=1S/C24H20N2O3/c1-14-6-5-7-16(12-14)25-15(2)24(29)26-17-10-11-20-21(13-17)23(28)19-9-4-3-8-18(19)22(20)27/h3-13,15,25H,1-2H3,(H,26,29)/t15-/m1/s1. The number of nitrogens with one attached hydrogen (secondary N) is 2. The number of anilines is 2. The van der Waals surface area contributed by atoms with E-state index in [1.165, 1.54) is 0 Å². The van der Waals surface area contributed by atoms with Gasteiger partial charge in [-0.25, -0.2) is 0 Å². The van der Waals surface area contributed by atoms with Crippen molar-refractivity contribution in [2.45, 2.75) is 19.9 Å². The summed E-state index contributed by atoms with van der Waals surface area (Å²) in [5.41, 5.74) is 3.91. The highest BCUT2D eigenvalue weighted by Gasteiger charge is 2.29. The quantitative estimate of drug-likeness (QED) is 0.553. The van der Waals surface area contributed by atoms with Crippen molar-refractivity contribution in [2.75, 3.05) is 10.6 Å². The van der Waals surface area contributed by atoms with Crippen molar-refractivity contribution in [3.05, 3.63) is 94.5 Å². The number of carbonyl (C=O) groups is 3. The molecule has 0 aliphatic heterocycles. The summed E-state index contributed by atoms with van der Waals surface area (Å²) >= 11 is 0. The Morgan fingerprint density at radius 3 is 2.10 bits per heavy atom. The number of fused-ring (bicyclic) bond motifs is 2. The molecular formula is C24H20N2O3. The van der Waals surface area contributed by atoms with Crippen molar-refractivity contribution in [1.82, 2.24) is 0 Å². The largest absolute Gasteiger partial charge is 0.374 e. The highest BCUT2D eigenvalue weighted by Crippen LogP contribution is 2.29. The summed E-state index contributed by atoms with van der Waals surface area (Å²) in [7, 11) is 0. The van der Waals surface area contributed by atoms with Crippen molar-refractivity contribution in [2.24, 2.45) is 0 Å². The zero-order chi connectivity index (χ0) is 20.5. The zero-order valence-electron chi connectivity index (χ0n) is 16.2. The van der Waals surface area contributed by atoms with Gasteiger partial charge in [0.15, 0.2) is 11.6 Å². The molecule has 0 saturated carbocycles. The summed E-state index contributed by atoms with van der Waals surface area (Å²) < 4.78 is 0. The molecule has 0 bridgehead atoms. The summed E-state index contributed by atoms with van der Waals surface area (Å²) in [5, 5.41) is 5.98. The van der Waals surface area contributed by atoms with Gasteiger partial charge in [0, 0.05) is 33.6 Å². The van der Waals surface area contributed by atoms with Crippen LogP contribution in [-0.2, 0) is 4.79 Å². The van der Waals surface area contributed by atoms with Gasteiger partial charge >= 0.3 is 0 Å². The second-order valence-corrected chi connectivity index (χ2v) is 7.19. The maximum atomic E-state index is 12.8. The predicted molar refractivity (Wildman–Crippen MR) is 113 cm³/mol. The predicted octanol–water partition coefficient (Wildman–Crippen LogP) is 4.21. The van der Waals surface area contributed by atoms with Gasteiger partial charge in [0.2, 0.25) is 5.91 Å². The first-order valence-corrected chi connectivity index (χ1v) is 9.40. The molecule has 0 heterocycles. The van der Waals surface area contributed by atoms with Crippen LogP contribution in [0.25, 0.3) is 0 Å². The van der Waals surface area contributed by atoms with Crippen molar-refractivity contribution >= 4 is 28.8 Å². The molecule has 5 heteroatoms. The smallest absolute Gasteiger partial charge is 0.246 e. The molecule has 29 heavy (non-hydrogen) atoms. The number of hydrogen-bond acceptors (Lipinski definition) is 4. The van der Waals surface area contributed by atoms with Gasteiger partial charge < -0.3 is 10.6 Å². The third-order valence-electron chi connectivity index (χ3n) is 4.99. The third kappa shape index (κ3) is 3.55. The SMILES string of the molecule is Cc1cccc(N[C@H](C)C(=O)Nc2ccc3c(c2)C(=O)c2ccccc2C3=O)c1. The molecule has 0 radical (unpaired) electrons. The van der Waals surface area contributed by atoms with Gasteiger partial charge in [-0.15, -0.1) is 0 Å². The summed E-state index contributed by atoms with van der Waals surface area (Å²) in [6, 6.07) is 18.9. The molecule has 0 spiro atoms. The van der Waals surface area contributed by atoms with E-state index in [4.69, 9.17) is 0 Å². The van der Waals surface area contributed by atoms with Crippen LogP contribution in [0.1, 0.15) is 44.3 Å². The average molecular weight is 384 g/mol. The van der Waals surface area contributed by atoms with Crippen LogP contribution in [0.3, 0.4) is 0 Å². The van der Waals surface area contributed by atoms with Crippen LogP contribution in [0.2, 0.25) is 0 Å². The Balaban J connectivity index is 1.54. The third-order valence-corrected chi connectivity index (χ3v) is 4.99. The first-order chi connectivity index (χ1) is 13.9. The van der Waals surface area contributed by atoms with E-state index >= 15 is 0 Å². The molecular weight excluding hydrogens is 364 g/mol. The summed E-state index contributed by atoms with van der Waals surface area (Å²) in [5.74, 6) is -0.624. The van der Waals surface area contributed by atoms with Gasteiger partial charge in [-0.3, -0.25) is 14.4 Å². The molecule has 144 valence electrons. The van der Waals surface area contributed by atoms with Crippen molar-refractivity contribution < 1.29 is 14.4 Å². The number of amides is 1. The topological polar surface area (TPSA) is 75.3 Å². The normalized spacial score (nSPS) is 13.3. The molecule has 1 aliphatic carbocycles. The Morgan fingerprint density at radius 2 is 1.41 bits per heavy atom. The highest BCUT2D eigenvalue weighted by atomic mass is 16.2. The Labute approximate surface area is 168 Å². The Morgan fingerprint density at radius 1 is 0.759 bits per heavy atom. The van der Waals surface area contributed by atoms with Crippen LogP contribution < -0.4 is 10.6 Å². The molecule has 0 fully saturated rings. The van der Waals surface area contributed by atoms with Crippen molar-refractivity contribution in [1.29, 1.82) is 0 Å². The van der Waals surface area contributed by atoms with E-state index < -0.39 is 6.04 Å². The fraction of sp³-hybridized carbons (Fsp3) is 0.125. The zero-order valence-corrected chi connectivity index (χ0v) is 16.2. The summed E-state index contributed by atoms with van der Waals surface area (Å²) in [4.78, 5) is 38.1. The van der Waals surface area contributed by atoms with Gasteiger partial charge in [0.1, 0.15) is 6.04 Å². The maximum absolute atomic E-state index is 12.8. The second-order valence-electron chi connectivity index (χ2n) is 7.19. The lowest BCUT2D eigenvalue weighted by Crippen LogP contribution is -2.32. The number of rotatable bonds is 4. The lowest BCUT2D eigenvalue weighted by atomic mass is 9.84. The minimum absolute atomic E-state index is 0.178. The Kier molecular flexibility index (Phi) is 4.72. The van der Waals surface area contributed by atoms with Gasteiger partial charge in [-0.1, -0.05) is 36.4 Å². The monoisotopic (exact) mass is 384 g/mol. The number of ketones is 2. The molecule has 0 aromatic heterocycles. The Hall–Kier alpha value is -3.73. The van der Waals surface area contributed by atoms with E-state index in [1.54, 1.807) is 49.4 Å². The second kappa shape index (κ2) is 7.36. The van der Waals surface area contributed by atoms with Crippen LogP contribution in [0.15, 0.2) is 66.7 Å². The van der Waals surface area contributed by atoms with Crippen LogP contribution in [-0.4, -0.2) is 23.5 Å². The van der Waals surface area contributed by atoms with Gasteiger partial charge in [0.25, 0.3) is 0 Å². The van der Waals surface area contributed by atoms with Crippen molar-refractivity contribution in [3.63, 3.8) is 0 Å². The first kappa shape index (κ1) is 18.6. The number of benzene rings is 3. The minimum atomic E-state index is -0.481.